The Morgan fingerprint density at radius 1 is 1.16 bits per heavy atom. The summed E-state index contributed by atoms with van der Waals surface area (Å²) in [5.41, 5.74) is 2.61. The molecule has 0 unspecified atom stereocenters. The molecule has 6 heteroatoms. The van der Waals surface area contributed by atoms with Gasteiger partial charge in [0.1, 0.15) is 11.9 Å². The first kappa shape index (κ1) is 23.0. The molecule has 0 aliphatic heterocycles. The second-order valence-corrected chi connectivity index (χ2v) is 9.03. The van der Waals surface area contributed by atoms with Crippen molar-refractivity contribution in [2.45, 2.75) is 60.0 Å². The molecule has 1 aliphatic rings. The Labute approximate surface area is 183 Å². The highest BCUT2D eigenvalue weighted by Crippen LogP contribution is 2.35. The smallest absolute Gasteiger partial charge is 0.344 e. The zero-order chi connectivity index (χ0) is 22.7. The quantitative estimate of drug-likeness (QED) is 0.578. The van der Waals surface area contributed by atoms with Crippen LogP contribution >= 0.6 is 0 Å². The van der Waals surface area contributed by atoms with Crippen LogP contribution in [0.5, 0.6) is 0 Å². The third kappa shape index (κ3) is 5.35. The minimum Gasteiger partial charge on any atom is -0.460 e. The molecule has 0 N–H and O–H groups in total. The zero-order valence-corrected chi connectivity index (χ0v) is 19.0. The number of carbonyl (C=O) groups is 2. The van der Waals surface area contributed by atoms with E-state index >= 15 is 0 Å². The predicted molar refractivity (Wildman–Crippen MR) is 117 cm³/mol. The van der Waals surface area contributed by atoms with E-state index in [0.29, 0.717) is 29.0 Å². The summed E-state index contributed by atoms with van der Waals surface area (Å²) in [4.78, 5) is 25.0. The van der Waals surface area contributed by atoms with Crippen LogP contribution in [0, 0.1) is 37.4 Å². The minimum absolute atomic E-state index is 0.126. The fourth-order valence-electron chi connectivity index (χ4n) is 4.61. The summed E-state index contributed by atoms with van der Waals surface area (Å²) >= 11 is 0. The van der Waals surface area contributed by atoms with Gasteiger partial charge in [0.15, 0.2) is 6.61 Å². The molecule has 2 aromatic rings. The van der Waals surface area contributed by atoms with E-state index in [9.17, 15) is 14.0 Å². The van der Waals surface area contributed by atoms with Crippen LogP contribution < -0.4 is 0 Å². The van der Waals surface area contributed by atoms with Gasteiger partial charge in [0, 0.05) is 17.1 Å². The average Bonchev–Trinajstić information content (AvgIpc) is 3.01. The van der Waals surface area contributed by atoms with Gasteiger partial charge in [0.05, 0.1) is 5.56 Å². The van der Waals surface area contributed by atoms with Crippen LogP contribution in [0.15, 0.2) is 30.3 Å². The van der Waals surface area contributed by atoms with Crippen LogP contribution in [-0.2, 0) is 14.3 Å². The minimum atomic E-state index is -0.573. The summed E-state index contributed by atoms with van der Waals surface area (Å²) < 4.78 is 26.1. The van der Waals surface area contributed by atoms with Crippen LogP contribution in [0.4, 0.5) is 4.39 Å². The van der Waals surface area contributed by atoms with Crippen molar-refractivity contribution in [1.29, 1.82) is 0 Å². The molecule has 1 saturated carbocycles. The summed E-state index contributed by atoms with van der Waals surface area (Å²) in [5, 5.41) is 0. The number of carbonyl (C=O) groups excluding carboxylic acids is 2. The highest BCUT2D eigenvalue weighted by Gasteiger charge is 2.33. The maximum absolute atomic E-state index is 13.2. The molecule has 3 atom stereocenters. The fraction of sp³-hybridized carbons (Fsp3) is 0.520. The van der Waals surface area contributed by atoms with E-state index in [1.807, 2.05) is 11.5 Å². The fourth-order valence-corrected chi connectivity index (χ4v) is 4.61. The van der Waals surface area contributed by atoms with Gasteiger partial charge in [-0.25, -0.2) is 14.0 Å². The first-order valence-electron chi connectivity index (χ1n) is 11.0. The van der Waals surface area contributed by atoms with E-state index in [4.69, 9.17) is 9.47 Å². The van der Waals surface area contributed by atoms with Crippen molar-refractivity contribution in [2.24, 2.45) is 17.8 Å². The van der Waals surface area contributed by atoms with Crippen molar-refractivity contribution < 1.29 is 23.5 Å². The Balaban J connectivity index is 1.63. The maximum Gasteiger partial charge on any atom is 0.344 e. The van der Waals surface area contributed by atoms with E-state index in [1.165, 1.54) is 12.1 Å². The molecular weight excluding hydrogens is 397 g/mol. The van der Waals surface area contributed by atoms with Crippen LogP contribution in [0.2, 0.25) is 0 Å². The number of rotatable bonds is 6. The van der Waals surface area contributed by atoms with Gasteiger partial charge < -0.3 is 14.0 Å². The molecule has 0 radical (unpaired) electrons. The van der Waals surface area contributed by atoms with Gasteiger partial charge in [-0.3, -0.25) is 0 Å². The molecule has 0 amide bonds. The average molecular weight is 430 g/mol. The van der Waals surface area contributed by atoms with Crippen molar-refractivity contribution in [3.8, 4) is 5.69 Å². The lowest BCUT2D eigenvalue weighted by Gasteiger charge is -2.36. The molecule has 0 bridgehead atoms. The number of ether oxygens (including phenoxy) is 2. The van der Waals surface area contributed by atoms with Gasteiger partial charge in [0.25, 0.3) is 0 Å². The second-order valence-electron chi connectivity index (χ2n) is 9.03. The van der Waals surface area contributed by atoms with Crippen LogP contribution in [-0.4, -0.2) is 29.2 Å². The van der Waals surface area contributed by atoms with Crippen LogP contribution in [0.3, 0.4) is 0 Å². The van der Waals surface area contributed by atoms with Gasteiger partial charge in [0.2, 0.25) is 0 Å². The van der Waals surface area contributed by atoms with E-state index in [-0.39, 0.29) is 11.9 Å². The lowest BCUT2D eigenvalue weighted by molar-refractivity contribution is -0.159. The van der Waals surface area contributed by atoms with E-state index in [1.54, 1.807) is 25.1 Å². The Kier molecular flexibility index (Phi) is 7.19. The predicted octanol–water partition coefficient (Wildman–Crippen LogP) is 5.39. The largest absolute Gasteiger partial charge is 0.460 e. The van der Waals surface area contributed by atoms with Crippen molar-refractivity contribution in [1.82, 2.24) is 4.57 Å². The summed E-state index contributed by atoms with van der Waals surface area (Å²) in [5.74, 6) is -0.111. The van der Waals surface area contributed by atoms with Gasteiger partial charge in [-0.05, 0) is 74.8 Å². The number of esters is 2. The van der Waals surface area contributed by atoms with Gasteiger partial charge in [-0.15, -0.1) is 0 Å². The first-order valence-corrected chi connectivity index (χ1v) is 11.0. The zero-order valence-electron chi connectivity index (χ0n) is 19.0. The third-order valence-corrected chi connectivity index (χ3v) is 6.30. The van der Waals surface area contributed by atoms with E-state index in [0.717, 1.165) is 30.6 Å². The van der Waals surface area contributed by atoms with Crippen LogP contribution in [0.1, 0.15) is 61.8 Å². The first-order chi connectivity index (χ1) is 14.7. The van der Waals surface area contributed by atoms with Crippen LogP contribution in [0.25, 0.3) is 5.69 Å². The normalized spacial score (nSPS) is 21.2. The maximum atomic E-state index is 13.2. The van der Waals surface area contributed by atoms with Crippen molar-refractivity contribution in [3.05, 3.63) is 53.1 Å². The number of benzene rings is 1. The van der Waals surface area contributed by atoms with Crippen molar-refractivity contribution in [3.63, 3.8) is 0 Å². The molecule has 1 fully saturated rings. The Hall–Kier alpha value is -2.63. The molecule has 0 saturated heterocycles. The van der Waals surface area contributed by atoms with Crippen molar-refractivity contribution in [2.75, 3.05) is 6.61 Å². The number of aryl methyl sites for hydroxylation is 1. The standard InChI is InChI=1S/C25H32FNO4/c1-15(2)21-11-6-16(3)12-23(21)31-24(28)14-30-25(29)22-13-17(4)27(18(22)5)20-9-7-19(26)8-10-20/h7-10,13,15-16,21,23H,6,11-12,14H2,1-5H3/t16-,21+,23+/m0/s1. The SMILES string of the molecule is Cc1cc(C(=O)OCC(=O)O[C@@H]2C[C@@H](C)CC[C@@H]2C(C)C)c(C)n1-c1ccc(F)cc1. The third-order valence-electron chi connectivity index (χ3n) is 6.30. The highest BCUT2D eigenvalue weighted by atomic mass is 19.1. The molecule has 31 heavy (non-hydrogen) atoms. The van der Waals surface area contributed by atoms with Gasteiger partial charge in [-0.1, -0.05) is 27.2 Å². The lowest BCUT2D eigenvalue weighted by Crippen LogP contribution is -2.36. The van der Waals surface area contributed by atoms with Crippen molar-refractivity contribution >= 4 is 11.9 Å². The molecule has 5 nitrogen and oxygen atoms in total. The molecule has 1 aromatic carbocycles. The summed E-state index contributed by atoms with van der Waals surface area (Å²) in [6, 6.07) is 7.76. The molecule has 1 aliphatic carbocycles. The summed E-state index contributed by atoms with van der Waals surface area (Å²) in [6.45, 7) is 9.72. The number of halogens is 1. The van der Waals surface area contributed by atoms with E-state index < -0.39 is 18.5 Å². The Morgan fingerprint density at radius 2 is 1.84 bits per heavy atom. The summed E-state index contributed by atoms with van der Waals surface area (Å²) in [7, 11) is 0. The van der Waals surface area contributed by atoms with Gasteiger partial charge in [-0.2, -0.15) is 0 Å². The number of nitrogens with zero attached hydrogens (tertiary/aromatic N) is 1. The Morgan fingerprint density at radius 3 is 2.48 bits per heavy atom. The summed E-state index contributed by atoms with van der Waals surface area (Å²) in [6.07, 6.45) is 2.92. The molecule has 1 heterocycles. The van der Waals surface area contributed by atoms with E-state index in [2.05, 4.69) is 20.8 Å². The molecule has 168 valence electrons. The number of aromatic nitrogens is 1. The lowest BCUT2D eigenvalue weighted by atomic mass is 9.75. The molecule has 1 aromatic heterocycles. The highest BCUT2D eigenvalue weighted by molar-refractivity contribution is 5.92. The monoisotopic (exact) mass is 429 g/mol. The number of hydrogen-bond donors (Lipinski definition) is 0. The molecule has 0 spiro atoms. The van der Waals surface area contributed by atoms with Gasteiger partial charge >= 0.3 is 11.9 Å². The molecule has 3 rings (SSSR count). The topological polar surface area (TPSA) is 57.5 Å². The Bertz CT molecular complexity index is 932. The number of hydrogen-bond acceptors (Lipinski definition) is 4. The molecular formula is C25H32FNO4. The second kappa shape index (κ2) is 9.67.